The maximum atomic E-state index is 4.20. The van der Waals surface area contributed by atoms with Crippen molar-refractivity contribution in [2.75, 3.05) is 25.5 Å². The number of nitrogens with zero attached hydrogens (tertiary/aromatic N) is 1. The first-order valence-corrected chi connectivity index (χ1v) is 4.03. The Morgan fingerprint density at radius 3 is 3.00 bits per heavy atom. The molecule has 9 heavy (non-hydrogen) atoms. The molecule has 0 bridgehead atoms. The van der Waals surface area contributed by atoms with Crippen molar-refractivity contribution in [3.63, 3.8) is 0 Å². The van der Waals surface area contributed by atoms with E-state index in [4.69, 9.17) is 0 Å². The molecular formula is C6H14N2S. The molecule has 0 aromatic heterocycles. The lowest BCUT2D eigenvalue weighted by atomic mass is 10.2. The van der Waals surface area contributed by atoms with Gasteiger partial charge in [-0.25, -0.2) is 0 Å². The fraction of sp³-hybridized carbons (Fsp3) is 1.00. The Morgan fingerprint density at radius 2 is 2.56 bits per heavy atom. The van der Waals surface area contributed by atoms with E-state index in [0.29, 0.717) is 6.04 Å². The van der Waals surface area contributed by atoms with Gasteiger partial charge < -0.3 is 5.32 Å². The van der Waals surface area contributed by atoms with Crippen molar-refractivity contribution < 1.29 is 0 Å². The van der Waals surface area contributed by atoms with Crippen molar-refractivity contribution >= 4 is 12.6 Å². The average Bonchev–Trinajstić information content (AvgIpc) is 1.88. The summed E-state index contributed by atoms with van der Waals surface area (Å²) in [6, 6.07) is 0.644. The molecule has 1 aliphatic heterocycles. The summed E-state index contributed by atoms with van der Waals surface area (Å²) in [4.78, 5) is 2.34. The number of rotatable bonds is 1. The third-order valence-corrected chi connectivity index (χ3v) is 2.05. The van der Waals surface area contributed by atoms with Gasteiger partial charge in [-0.05, 0) is 6.92 Å². The summed E-state index contributed by atoms with van der Waals surface area (Å²) in [7, 11) is 0. The number of piperazine rings is 1. The Morgan fingerprint density at radius 1 is 1.78 bits per heavy atom. The number of nitrogens with one attached hydrogen (secondary N) is 1. The lowest BCUT2D eigenvalue weighted by Gasteiger charge is -2.30. The molecule has 0 aliphatic carbocycles. The molecule has 1 aliphatic rings. The molecule has 1 rings (SSSR count). The number of hydrogen-bond acceptors (Lipinski definition) is 3. The van der Waals surface area contributed by atoms with Crippen LogP contribution in [0.2, 0.25) is 0 Å². The second kappa shape index (κ2) is 3.44. The highest BCUT2D eigenvalue weighted by Crippen LogP contribution is 1.97. The third-order valence-electron chi connectivity index (χ3n) is 1.65. The fourth-order valence-electron chi connectivity index (χ4n) is 1.14. The van der Waals surface area contributed by atoms with Crippen LogP contribution in [0.15, 0.2) is 0 Å². The van der Waals surface area contributed by atoms with E-state index in [1.165, 1.54) is 0 Å². The van der Waals surface area contributed by atoms with Gasteiger partial charge in [-0.1, -0.05) is 0 Å². The molecule has 0 radical (unpaired) electrons. The molecule has 0 aromatic rings. The first-order chi connectivity index (χ1) is 4.33. The van der Waals surface area contributed by atoms with Gasteiger partial charge in [-0.15, -0.1) is 0 Å². The molecule has 0 amide bonds. The summed E-state index contributed by atoms with van der Waals surface area (Å²) < 4.78 is 0. The highest BCUT2D eigenvalue weighted by molar-refractivity contribution is 7.80. The van der Waals surface area contributed by atoms with E-state index in [9.17, 15) is 0 Å². The quantitative estimate of drug-likeness (QED) is 0.513. The van der Waals surface area contributed by atoms with Gasteiger partial charge in [0.25, 0.3) is 0 Å². The summed E-state index contributed by atoms with van der Waals surface area (Å²) in [6.45, 7) is 5.61. The smallest absolute Gasteiger partial charge is 0.0415 e. The average molecular weight is 146 g/mol. The van der Waals surface area contributed by atoms with E-state index in [2.05, 4.69) is 29.8 Å². The Bertz CT molecular complexity index is 87.1. The van der Waals surface area contributed by atoms with Gasteiger partial charge in [0.2, 0.25) is 0 Å². The lowest BCUT2D eigenvalue weighted by Crippen LogP contribution is -2.48. The second-order valence-corrected chi connectivity index (χ2v) is 2.86. The van der Waals surface area contributed by atoms with Crippen LogP contribution in [0.1, 0.15) is 6.92 Å². The van der Waals surface area contributed by atoms with Gasteiger partial charge in [0.15, 0.2) is 0 Å². The molecule has 0 aromatic carbocycles. The van der Waals surface area contributed by atoms with Crippen molar-refractivity contribution in [3.05, 3.63) is 0 Å². The highest BCUT2D eigenvalue weighted by atomic mass is 32.1. The molecule has 0 unspecified atom stereocenters. The third kappa shape index (κ3) is 2.16. The van der Waals surface area contributed by atoms with Gasteiger partial charge in [0.1, 0.15) is 0 Å². The normalized spacial score (nSPS) is 30.7. The number of thiol groups is 1. The molecule has 1 heterocycles. The summed E-state index contributed by atoms with van der Waals surface area (Å²) in [5.74, 6) is 0.895. The van der Waals surface area contributed by atoms with E-state index >= 15 is 0 Å². The molecule has 1 N–H and O–H groups in total. The van der Waals surface area contributed by atoms with Crippen molar-refractivity contribution in [1.29, 1.82) is 0 Å². The zero-order chi connectivity index (χ0) is 6.69. The molecule has 3 heteroatoms. The van der Waals surface area contributed by atoms with E-state index in [1.807, 2.05) is 0 Å². The SMILES string of the molecule is C[C@H]1CN(CS)CCN1. The standard InChI is InChI=1S/C6H14N2S/c1-6-4-8(5-9)3-2-7-6/h6-7,9H,2-5H2,1H3/t6-/m0/s1. The minimum Gasteiger partial charge on any atom is -0.312 e. The minimum atomic E-state index is 0.644. The van der Waals surface area contributed by atoms with E-state index in [-0.39, 0.29) is 0 Å². The van der Waals surface area contributed by atoms with Crippen LogP contribution < -0.4 is 5.32 Å². The zero-order valence-corrected chi connectivity index (χ0v) is 6.69. The molecule has 54 valence electrons. The van der Waals surface area contributed by atoms with Gasteiger partial charge in [-0.2, -0.15) is 12.6 Å². The van der Waals surface area contributed by atoms with Crippen LogP contribution in [0, 0.1) is 0 Å². The molecule has 0 spiro atoms. The molecule has 1 fully saturated rings. The summed E-state index contributed by atoms with van der Waals surface area (Å²) in [5.41, 5.74) is 0. The maximum absolute atomic E-state index is 4.20. The summed E-state index contributed by atoms with van der Waals surface area (Å²) in [5, 5.41) is 3.37. The Kier molecular flexibility index (Phi) is 2.82. The molecule has 0 saturated carbocycles. The number of hydrogen-bond donors (Lipinski definition) is 2. The monoisotopic (exact) mass is 146 g/mol. The predicted octanol–water partition coefficient (Wildman–Crippen LogP) is 0.167. The van der Waals surface area contributed by atoms with Crippen LogP contribution >= 0.6 is 12.6 Å². The van der Waals surface area contributed by atoms with Gasteiger partial charge in [0, 0.05) is 31.6 Å². The van der Waals surface area contributed by atoms with E-state index in [1.54, 1.807) is 0 Å². The van der Waals surface area contributed by atoms with Gasteiger partial charge in [-0.3, -0.25) is 4.90 Å². The largest absolute Gasteiger partial charge is 0.312 e. The predicted molar refractivity (Wildman–Crippen MR) is 42.9 cm³/mol. The van der Waals surface area contributed by atoms with Crippen molar-refractivity contribution in [1.82, 2.24) is 10.2 Å². The zero-order valence-electron chi connectivity index (χ0n) is 5.80. The van der Waals surface area contributed by atoms with E-state index in [0.717, 1.165) is 25.5 Å². The second-order valence-electron chi connectivity index (χ2n) is 2.57. The molecule has 1 saturated heterocycles. The van der Waals surface area contributed by atoms with Crippen LogP contribution in [-0.2, 0) is 0 Å². The summed E-state index contributed by atoms with van der Waals surface area (Å²) in [6.07, 6.45) is 0. The maximum Gasteiger partial charge on any atom is 0.0415 e. The molecule has 2 nitrogen and oxygen atoms in total. The Hall–Kier alpha value is 0.270. The van der Waals surface area contributed by atoms with Crippen LogP contribution in [-0.4, -0.2) is 36.5 Å². The van der Waals surface area contributed by atoms with Crippen molar-refractivity contribution in [2.24, 2.45) is 0 Å². The topological polar surface area (TPSA) is 15.3 Å². The lowest BCUT2D eigenvalue weighted by molar-refractivity contribution is 0.240. The van der Waals surface area contributed by atoms with Gasteiger partial charge >= 0.3 is 0 Å². The molecule has 1 atom stereocenters. The van der Waals surface area contributed by atoms with Crippen LogP contribution in [0.3, 0.4) is 0 Å². The van der Waals surface area contributed by atoms with Crippen LogP contribution in [0.5, 0.6) is 0 Å². The van der Waals surface area contributed by atoms with Crippen molar-refractivity contribution in [3.8, 4) is 0 Å². The Labute approximate surface area is 62.0 Å². The van der Waals surface area contributed by atoms with Crippen LogP contribution in [0.4, 0.5) is 0 Å². The Balaban J connectivity index is 2.23. The first kappa shape index (κ1) is 7.38. The van der Waals surface area contributed by atoms with Crippen LogP contribution in [0.25, 0.3) is 0 Å². The fourth-order valence-corrected chi connectivity index (χ4v) is 1.40. The highest BCUT2D eigenvalue weighted by Gasteiger charge is 2.12. The molecular weight excluding hydrogens is 132 g/mol. The van der Waals surface area contributed by atoms with Crippen molar-refractivity contribution in [2.45, 2.75) is 13.0 Å². The van der Waals surface area contributed by atoms with Gasteiger partial charge in [0.05, 0.1) is 0 Å². The minimum absolute atomic E-state index is 0.644. The first-order valence-electron chi connectivity index (χ1n) is 3.39. The van der Waals surface area contributed by atoms with E-state index < -0.39 is 0 Å². The summed E-state index contributed by atoms with van der Waals surface area (Å²) >= 11 is 4.20.